The molecule has 3 rings (SSSR count). The number of hydrogen-bond donors (Lipinski definition) is 1. The maximum atomic E-state index is 12.6. The number of nitrogens with zero attached hydrogens (tertiary/aromatic N) is 3. The summed E-state index contributed by atoms with van der Waals surface area (Å²) in [7, 11) is 0. The molecular weight excluding hydrogens is 312 g/mol. The Balaban J connectivity index is 1.90. The summed E-state index contributed by atoms with van der Waals surface area (Å²) in [5.74, 6) is -0.231. The monoisotopic (exact) mass is 330 g/mol. The molecule has 0 aliphatic carbocycles. The first-order chi connectivity index (χ1) is 12.1. The van der Waals surface area contributed by atoms with Crippen LogP contribution in [0.2, 0.25) is 0 Å². The molecule has 0 bridgehead atoms. The van der Waals surface area contributed by atoms with Crippen molar-refractivity contribution in [3.63, 3.8) is 0 Å². The second kappa shape index (κ2) is 7.02. The van der Waals surface area contributed by atoms with E-state index in [1.165, 1.54) is 5.56 Å². The summed E-state index contributed by atoms with van der Waals surface area (Å²) in [6.07, 6.45) is 2.26. The number of benzene rings is 2. The molecule has 124 valence electrons. The minimum atomic E-state index is -0.231. The van der Waals surface area contributed by atoms with Gasteiger partial charge in [0.05, 0.1) is 34.8 Å². The lowest BCUT2D eigenvalue weighted by atomic mass is 10.1. The normalized spacial score (nSPS) is 10.3. The van der Waals surface area contributed by atoms with E-state index < -0.39 is 0 Å². The predicted molar refractivity (Wildman–Crippen MR) is 96.8 cm³/mol. The Bertz CT molecular complexity index is 949. The summed E-state index contributed by atoms with van der Waals surface area (Å²) >= 11 is 0. The van der Waals surface area contributed by atoms with Gasteiger partial charge in [0, 0.05) is 5.69 Å². The summed E-state index contributed by atoms with van der Waals surface area (Å²) in [5, 5.41) is 16.2. The quantitative estimate of drug-likeness (QED) is 0.789. The van der Waals surface area contributed by atoms with Crippen LogP contribution in [0, 0.1) is 18.3 Å². The fourth-order valence-electron chi connectivity index (χ4n) is 2.68. The average molecular weight is 330 g/mol. The van der Waals surface area contributed by atoms with E-state index in [0.717, 1.165) is 11.4 Å². The van der Waals surface area contributed by atoms with E-state index in [0.29, 0.717) is 23.2 Å². The molecule has 1 N–H and O–H groups in total. The van der Waals surface area contributed by atoms with Crippen molar-refractivity contribution in [3.05, 3.63) is 77.1 Å². The largest absolute Gasteiger partial charge is 0.322 e. The number of aryl methyl sites for hydroxylation is 1. The number of amides is 1. The van der Waals surface area contributed by atoms with E-state index in [-0.39, 0.29) is 5.91 Å². The van der Waals surface area contributed by atoms with Gasteiger partial charge in [0.25, 0.3) is 5.91 Å². The van der Waals surface area contributed by atoms with Crippen LogP contribution >= 0.6 is 0 Å². The molecule has 0 atom stereocenters. The van der Waals surface area contributed by atoms with Crippen LogP contribution in [-0.4, -0.2) is 15.7 Å². The second-order valence-corrected chi connectivity index (χ2v) is 5.75. The first kappa shape index (κ1) is 16.5. The number of rotatable bonds is 4. The highest BCUT2D eigenvalue weighted by Crippen LogP contribution is 2.18. The van der Waals surface area contributed by atoms with Crippen molar-refractivity contribution in [2.24, 2.45) is 0 Å². The summed E-state index contributed by atoms with van der Waals surface area (Å²) in [6.45, 7) is 4.02. The molecule has 0 saturated heterocycles. The predicted octanol–water partition coefficient (Wildman–Crippen LogP) is 3.87. The molecule has 5 heteroatoms. The van der Waals surface area contributed by atoms with Crippen LogP contribution in [0.3, 0.4) is 0 Å². The molecule has 1 heterocycles. The molecule has 0 spiro atoms. The standard InChI is InChI=1S/C20H18N4O/c1-3-19-18(13-22-24(19)17-9-7-14(2)8-10-17)20(25)23-16-6-4-5-15(11-16)12-21/h4-11,13H,3H2,1-2H3,(H,23,25). The first-order valence-corrected chi connectivity index (χ1v) is 8.08. The van der Waals surface area contributed by atoms with E-state index in [4.69, 9.17) is 5.26 Å². The topological polar surface area (TPSA) is 70.7 Å². The maximum absolute atomic E-state index is 12.6. The number of aromatic nitrogens is 2. The molecule has 5 nitrogen and oxygen atoms in total. The van der Waals surface area contributed by atoms with Crippen LogP contribution in [-0.2, 0) is 6.42 Å². The third-order valence-corrected chi connectivity index (χ3v) is 3.98. The van der Waals surface area contributed by atoms with Gasteiger partial charge in [-0.25, -0.2) is 4.68 Å². The highest BCUT2D eigenvalue weighted by Gasteiger charge is 2.17. The van der Waals surface area contributed by atoms with Crippen molar-refractivity contribution in [3.8, 4) is 11.8 Å². The minimum absolute atomic E-state index is 0.231. The number of carbonyl (C=O) groups is 1. The maximum Gasteiger partial charge on any atom is 0.259 e. The molecule has 2 aromatic carbocycles. The van der Waals surface area contributed by atoms with Gasteiger partial charge in [-0.15, -0.1) is 0 Å². The van der Waals surface area contributed by atoms with Gasteiger partial charge in [0.2, 0.25) is 0 Å². The van der Waals surface area contributed by atoms with Gasteiger partial charge in [-0.1, -0.05) is 30.7 Å². The highest BCUT2D eigenvalue weighted by atomic mass is 16.1. The molecule has 0 unspecified atom stereocenters. The number of nitriles is 1. The lowest BCUT2D eigenvalue weighted by Gasteiger charge is -2.09. The Labute approximate surface area is 146 Å². The zero-order chi connectivity index (χ0) is 17.8. The van der Waals surface area contributed by atoms with Gasteiger partial charge in [-0.2, -0.15) is 10.4 Å². The summed E-state index contributed by atoms with van der Waals surface area (Å²) in [6, 6.07) is 16.9. The summed E-state index contributed by atoms with van der Waals surface area (Å²) in [5.41, 5.74) is 4.57. The molecule has 0 radical (unpaired) electrons. The lowest BCUT2D eigenvalue weighted by Crippen LogP contribution is -2.14. The van der Waals surface area contributed by atoms with Gasteiger partial charge >= 0.3 is 0 Å². The third-order valence-electron chi connectivity index (χ3n) is 3.98. The summed E-state index contributed by atoms with van der Waals surface area (Å²) in [4.78, 5) is 12.6. The van der Waals surface area contributed by atoms with Gasteiger partial charge in [-0.3, -0.25) is 4.79 Å². The van der Waals surface area contributed by atoms with E-state index in [1.807, 2.05) is 38.1 Å². The van der Waals surface area contributed by atoms with Crippen molar-refractivity contribution >= 4 is 11.6 Å². The smallest absolute Gasteiger partial charge is 0.259 e. The van der Waals surface area contributed by atoms with Gasteiger partial charge < -0.3 is 5.32 Å². The third kappa shape index (κ3) is 3.43. The first-order valence-electron chi connectivity index (χ1n) is 8.08. The number of carbonyl (C=O) groups excluding carboxylic acids is 1. The van der Waals surface area contributed by atoms with Crippen molar-refractivity contribution in [2.45, 2.75) is 20.3 Å². The van der Waals surface area contributed by atoms with Gasteiger partial charge in [0.15, 0.2) is 0 Å². The van der Waals surface area contributed by atoms with Crippen molar-refractivity contribution in [1.29, 1.82) is 5.26 Å². The van der Waals surface area contributed by atoms with E-state index in [9.17, 15) is 4.79 Å². The molecule has 0 saturated carbocycles. The molecule has 25 heavy (non-hydrogen) atoms. The van der Waals surface area contributed by atoms with Crippen molar-refractivity contribution in [2.75, 3.05) is 5.32 Å². The Morgan fingerprint density at radius 3 is 2.68 bits per heavy atom. The minimum Gasteiger partial charge on any atom is -0.322 e. The number of anilines is 1. The van der Waals surface area contributed by atoms with E-state index in [2.05, 4.69) is 16.5 Å². The zero-order valence-corrected chi connectivity index (χ0v) is 14.2. The van der Waals surface area contributed by atoms with Crippen LogP contribution in [0.25, 0.3) is 5.69 Å². The molecular formula is C20H18N4O. The molecule has 0 fully saturated rings. The second-order valence-electron chi connectivity index (χ2n) is 5.75. The molecule has 3 aromatic rings. The fraction of sp³-hybridized carbons (Fsp3) is 0.150. The fourth-order valence-corrected chi connectivity index (χ4v) is 2.68. The zero-order valence-electron chi connectivity index (χ0n) is 14.2. The molecule has 0 aliphatic heterocycles. The van der Waals surface area contributed by atoms with Crippen LogP contribution < -0.4 is 5.32 Å². The SMILES string of the molecule is CCc1c(C(=O)Nc2cccc(C#N)c2)cnn1-c1ccc(C)cc1. The van der Waals surface area contributed by atoms with Crippen molar-refractivity contribution < 1.29 is 4.79 Å². The van der Waals surface area contributed by atoms with Crippen LogP contribution in [0.5, 0.6) is 0 Å². The summed E-state index contributed by atoms with van der Waals surface area (Å²) < 4.78 is 1.79. The number of nitrogens with one attached hydrogen (secondary N) is 1. The Morgan fingerprint density at radius 1 is 1.24 bits per heavy atom. The molecule has 0 aliphatic rings. The van der Waals surface area contributed by atoms with Crippen molar-refractivity contribution in [1.82, 2.24) is 9.78 Å². The van der Waals surface area contributed by atoms with E-state index in [1.54, 1.807) is 35.1 Å². The average Bonchev–Trinajstić information content (AvgIpc) is 3.06. The van der Waals surface area contributed by atoms with E-state index >= 15 is 0 Å². The van der Waals surface area contributed by atoms with Crippen LogP contribution in [0.15, 0.2) is 54.7 Å². The van der Waals surface area contributed by atoms with Crippen LogP contribution in [0.4, 0.5) is 5.69 Å². The van der Waals surface area contributed by atoms with Gasteiger partial charge in [0.1, 0.15) is 0 Å². The highest BCUT2D eigenvalue weighted by molar-refractivity contribution is 6.05. The Morgan fingerprint density at radius 2 is 2.00 bits per heavy atom. The molecule has 1 aromatic heterocycles. The molecule has 1 amide bonds. The number of hydrogen-bond acceptors (Lipinski definition) is 3. The Kier molecular flexibility index (Phi) is 4.62. The van der Waals surface area contributed by atoms with Crippen LogP contribution in [0.1, 0.15) is 34.1 Å². The van der Waals surface area contributed by atoms with Gasteiger partial charge in [-0.05, 0) is 43.7 Å². The Hall–Kier alpha value is -3.39. The lowest BCUT2D eigenvalue weighted by molar-refractivity contribution is 0.102.